The van der Waals surface area contributed by atoms with Gasteiger partial charge in [-0.2, -0.15) is 0 Å². The third kappa shape index (κ3) is 5.68. The van der Waals surface area contributed by atoms with Gasteiger partial charge in [-0.3, -0.25) is 9.59 Å². The summed E-state index contributed by atoms with van der Waals surface area (Å²) in [6.45, 7) is 0.962. The van der Waals surface area contributed by atoms with Crippen LogP contribution in [0.1, 0.15) is 41.6 Å². The van der Waals surface area contributed by atoms with Gasteiger partial charge in [-0.1, -0.05) is 42.5 Å². The van der Waals surface area contributed by atoms with Crippen molar-refractivity contribution in [3.63, 3.8) is 0 Å². The molecular weight excluding hydrogens is 462 g/mol. The number of hydrogen-bond acceptors (Lipinski definition) is 5. The molecule has 3 aromatic rings. The lowest BCUT2D eigenvalue weighted by Crippen LogP contribution is -2.47. The van der Waals surface area contributed by atoms with Gasteiger partial charge < -0.3 is 20.9 Å². The molecule has 1 saturated carbocycles. The molecule has 9 heteroatoms. The van der Waals surface area contributed by atoms with Crippen molar-refractivity contribution in [3.8, 4) is 11.3 Å². The van der Waals surface area contributed by atoms with Crippen molar-refractivity contribution >= 4 is 34.3 Å². The number of anilines is 1. The van der Waals surface area contributed by atoms with Gasteiger partial charge in [-0.25, -0.2) is 9.78 Å². The monoisotopic (exact) mass is 489 g/mol. The van der Waals surface area contributed by atoms with Gasteiger partial charge in [0.25, 0.3) is 5.91 Å². The van der Waals surface area contributed by atoms with Crippen LogP contribution in [0.5, 0.6) is 0 Å². The SMILES string of the molecule is O=C(NC1CC1)c1ccc(-c2csc(NC(=O)C3CCCN3C(=O)NCc3ccccc3)n2)cc1. The van der Waals surface area contributed by atoms with Crippen LogP contribution >= 0.6 is 11.3 Å². The van der Waals surface area contributed by atoms with Gasteiger partial charge in [0.2, 0.25) is 5.91 Å². The van der Waals surface area contributed by atoms with Crippen LogP contribution in [0, 0.1) is 0 Å². The molecule has 5 rings (SSSR count). The number of carbonyl (C=O) groups is 3. The Morgan fingerprint density at radius 2 is 1.77 bits per heavy atom. The molecule has 1 saturated heterocycles. The number of carbonyl (C=O) groups excluding carboxylic acids is 3. The number of thiazole rings is 1. The standard InChI is InChI=1S/C26H27N5O3S/c32-23(28-20-12-13-20)19-10-8-18(9-11-19)21-16-35-25(29-21)30-24(33)22-7-4-14-31(22)26(34)27-15-17-5-2-1-3-6-17/h1-3,5-6,8-11,16,20,22H,4,7,12-15H2,(H,27,34)(H,28,32)(H,29,30,33). The molecule has 2 aliphatic rings. The Labute approximate surface area is 207 Å². The first-order chi connectivity index (χ1) is 17.1. The van der Waals surface area contributed by atoms with E-state index in [-0.39, 0.29) is 17.8 Å². The molecule has 3 N–H and O–H groups in total. The summed E-state index contributed by atoms with van der Waals surface area (Å²) in [6, 6.07) is 16.5. The Morgan fingerprint density at radius 1 is 1.00 bits per heavy atom. The highest BCUT2D eigenvalue weighted by atomic mass is 32.1. The minimum absolute atomic E-state index is 0.0563. The van der Waals surface area contributed by atoms with E-state index in [4.69, 9.17) is 0 Å². The molecule has 2 heterocycles. The van der Waals surface area contributed by atoms with Gasteiger partial charge in [0, 0.05) is 35.6 Å². The second-order valence-corrected chi connectivity index (χ2v) is 9.71. The lowest BCUT2D eigenvalue weighted by Gasteiger charge is -2.23. The van der Waals surface area contributed by atoms with Crippen molar-refractivity contribution in [1.29, 1.82) is 0 Å². The zero-order chi connectivity index (χ0) is 24.2. The molecule has 2 aromatic carbocycles. The first-order valence-corrected chi connectivity index (χ1v) is 12.7. The fraction of sp³-hybridized carbons (Fsp3) is 0.308. The highest BCUT2D eigenvalue weighted by Gasteiger charge is 2.34. The first-order valence-electron chi connectivity index (χ1n) is 11.8. The molecule has 35 heavy (non-hydrogen) atoms. The Kier molecular flexibility index (Phi) is 6.76. The Bertz CT molecular complexity index is 1210. The van der Waals surface area contributed by atoms with Crippen LogP contribution in [-0.2, 0) is 11.3 Å². The molecule has 8 nitrogen and oxygen atoms in total. The van der Waals surface area contributed by atoms with E-state index in [1.54, 1.807) is 17.0 Å². The predicted octanol–water partition coefficient (Wildman–Crippen LogP) is 4.02. The summed E-state index contributed by atoms with van der Waals surface area (Å²) in [7, 11) is 0. The highest BCUT2D eigenvalue weighted by Crippen LogP contribution is 2.27. The molecule has 1 unspecified atom stereocenters. The van der Waals surface area contributed by atoms with E-state index in [0.29, 0.717) is 36.2 Å². The maximum absolute atomic E-state index is 13.0. The highest BCUT2D eigenvalue weighted by molar-refractivity contribution is 7.14. The smallest absolute Gasteiger partial charge is 0.318 e. The quantitative estimate of drug-likeness (QED) is 0.466. The lowest BCUT2D eigenvalue weighted by molar-refractivity contribution is -0.119. The Balaban J connectivity index is 1.17. The second-order valence-electron chi connectivity index (χ2n) is 8.85. The second kappa shape index (κ2) is 10.3. The van der Waals surface area contributed by atoms with Gasteiger partial charge in [0.15, 0.2) is 5.13 Å². The average Bonchev–Trinajstić information content (AvgIpc) is 3.35. The third-order valence-corrected chi connectivity index (χ3v) is 6.95. The van der Waals surface area contributed by atoms with Crippen LogP contribution in [0.2, 0.25) is 0 Å². The van der Waals surface area contributed by atoms with Crippen molar-refractivity contribution in [1.82, 2.24) is 20.5 Å². The topological polar surface area (TPSA) is 103 Å². The normalized spacial score (nSPS) is 17.1. The van der Waals surface area contributed by atoms with Crippen LogP contribution in [0.15, 0.2) is 60.0 Å². The third-order valence-electron chi connectivity index (χ3n) is 6.19. The lowest BCUT2D eigenvalue weighted by atomic mass is 10.1. The zero-order valence-corrected chi connectivity index (χ0v) is 20.0. The van der Waals surface area contributed by atoms with Crippen molar-refractivity contribution in [3.05, 3.63) is 71.1 Å². The Hall–Kier alpha value is -3.72. The molecule has 1 aromatic heterocycles. The van der Waals surface area contributed by atoms with Crippen LogP contribution < -0.4 is 16.0 Å². The summed E-state index contributed by atoms with van der Waals surface area (Å²) >= 11 is 1.33. The molecule has 180 valence electrons. The minimum atomic E-state index is -0.526. The largest absolute Gasteiger partial charge is 0.349 e. The predicted molar refractivity (Wildman–Crippen MR) is 135 cm³/mol. The van der Waals surface area contributed by atoms with Gasteiger partial charge in [0.1, 0.15) is 6.04 Å². The van der Waals surface area contributed by atoms with Gasteiger partial charge in [-0.15, -0.1) is 11.3 Å². The van der Waals surface area contributed by atoms with Crippen molar-refractivity contribution < 1.29 is 14.4 Å². The van der Waals surface area contributed by atoms with Crippen LogP contribution in [-0.4, -0.2) is 46.4 Å². The molecule has 1 aliphatic carbocycles. The fourth-order valence-corrected chi connectivity index (χ4v) is 4.82. The average molecular weight is 490 g/mol. The number of nitrogens with one attached hydrogen (secondary N) is 3. The summed E-state index contributed by atoms with van der Waals surface area (Å²) < 4.78 is 0. The number of hydrogen-bond donors (Lipinski definition) is 3. The number of likely N-dealkylation sites (tertiary alicyclic amines) is 1. The van der Waals surface area contributed by atoms with Crippen molar-refractivity contribution in [2.75, 3.05) is 11.9 Å². The molecule has 0 bridgehead atoms. The van der Waals surface area contributed by atoms with E-state index < -0.39 is 6.04 Å². The summed E-state index contributed by atoms with van der Waals surface area (Å²) in [6.07, 6.45) is 3.50. The zero-order valence-electron chi connectivity index (χ0n) is 19.2. The number of nitrogens with zero attached hydrogens (tertiary/aromatic N) is 2. The van der Waals surface area contributed by atoms with E-state index in [0.717, 1.165) is 36.1 Å². The maximum atomic E-state index is 13.0. The van der Waals surface area contributed by atoms with Gasteiger partial charge >= 0.3 is 6.03 Å². The first kappa shape index (κ1) is 23.0. The Morgan fingerprint density at radius 3 is 2.51 bits per heavy atom. The van der Waals surface area contributed by atoms with Crippen LogP contribution in [0.3, 0.4) is 0 Å². The number of rotatable bonds is 7. The molecule has 4 amide bonds. The molecule has 1 aliphatic heterocycles. The summed E-state index contributed by atoms with van der Waals surface area (Å²) in [5.41, 5.74) is 3.22. The van der Waals surface area contributed by atoms with E-state index in [1.165, 1.54) is 11.3 Å². The van der Waals surface area contributed by atoms with E-state index in [2.05, 4.69) is 20.9 Å². The molecule has 1 atom stereocenters. The number of benzene rings is 2. The van der Waals surface area contributed by atoms with Gasteiger partial charge in [-0.05, 0) is 43.4 Å². The number of amides is 4. The molecule has 0 spiro atoms. The summed E-state index contributed by atoms with van der Waals surface area (Å²) in [5.74, 6) is -0.287. The van der Waals surface area contributed by atoms with E-state index in [9.17, 15) is 14.4 Å². The van der Waals surface area contributed by atoms with E-state index >= 15 is 0 Å². The number of urea groups is 1. The van der Waals surface area contributed by atoms with Gasteiger partial charge in [0.05, 0.1) is 5.69 Å². The van der Waals surface area contributed by atoms with E-state index in [1.807, 2.05) is 47.8 Å². The minimum Gasteiger partial charge on any atom is -0.349 e. The van der Waals surface area contributed by atoms with Crippen LogP contribution in [0.25, 0.3) is 11.3 Å². The summed E-state index contributed by atoms with van der Waals surface area (Å²) in [5, 5.41) is 11.1. The molecule has 0 radical (unpaired) electrons. The van der Waals surface area contributed by atoms with Crippen LogP contribution in [0.4, 0.5) is 9.93 Å². The fourth-order valence-electron chi connectivity index (χ4n) is 4.10. The molecule has 2 fully saturated rings. The summed E-state index contributed by atoms with van der Waals surface area (Å²) in [4.78, 5) is 44.0. The maximum Gasteiger partial charge on any atom is 0.318 e. The van der Waals surface area contributed by atoms with Crippen molar-refractivity contribution in [2.45, 2.75) is 44.3 Å². The van der Waals surface area contributed by atoms with Crippen molar-refractivity contribution in [2.24, 2.45) is 0 Å². The molecular formula is C26H27N5O3S. The number of aromatic nitrogens is 1.